The van der Waals surface area contributed by atoms with Gasteiger partial charge in [-0.3, -0.25) is 9.59 Å². The standard InChI is InChI=1S/C19H22N2O5/c1-20-19(23)15(12-8-6-5-7-9-12)21-18(22)13-10-11-14(24-2)17(26-4)16(13)25-3/h5-11,15H,1-4H3,(H,20,23)(H,21,22)/t15-/m0/s1. The zero-order valence-electron chi connectivity index (χ0n) is 15.2. The number of ether oxygens (including phenoxy) is 3. The number of methoxy groups -OCH3 is 3. The lowest BCUT2D eigenvalue weighted by Gasteiger charge is -2.20. The van der Waals surface area contributed by atoms with Crippen LogP contribution in [0.25, 0.3) is 0 Å². The van der Waals surface area contributed by atoms with E-state index in [1.807, 2.05) is 6.07 Å². The number of carbonyl (C=O) groups is 2. The quantitative estimate of drug-likeness (QED) is 0.790. The summed E-state index contributed by atoms with van der Waals surface area (Å²) in [7, 11) is 5.90. The molecule has 7 nitrogen and oxygen atoms in total. The Morgan fingerprint density at radius 2 is 1.54 bits per heavy atom. The molecular weight excluding hydrogens is 336 g/mol. The van der Waals surface area contributed by atoms with Crippen molar-refractivity contribution in [1.82, 2.24) is 10.6 Å². The number of likely N-dealkylation sites (N-methyl/N-ethyl adjacent to an activating group) is 1. The van der Waals surface area contributed by atoms with E-state index in [4.69, 9.17) is 14.2 Å². The van der Waals surface area contributed by atoms with Crippen molar-refractivity contribution in [2.75, 3.05) is 28.4 Å². The third-order valence-electron chi connectivity index (χ3n) is 3.87. The van der Waals surface area contributed by atoms with Crippen LogP contribution in [0.5, 0.6) is 17.2 Å². The van der Waals surface area contributed by atoms with Crippen molar-refractivity contribution in [2.24, 2.45) is 0 Å². The molecule has 0 fully saturated rings. The number of carbonyl (C=O) groups excluding carboxylic acids is 2. The Kier molecular flexibility index (Phi) is 6.43. The molecular formula is C19H22N2O5. The average molecular weight is 358 g/mol. The molecule has 2 amide bonds. The third-order valence-corrected chi connectivity index (χ3v) is 3.87. The van der Waals surface area contributed by atoms with E-state index in [0.717, 1.165) is 0 Å². The van der Waals surface area contributed by atoms with Gasteiger partial charge in [0.05, 0.1) is 26.9 Å². The SMILES string of the molecule is CNC(=O)[C@@H](NC(=O)c1ccc(OC)c(OC)c1OC)c1ccccc1. The molecule has 138 valence electrons. The first-order chi connectivity index (χ1) is 12.6. The molecule has 0 bridgehead atoms. The summed E-state index contributed by atoms with van der Waals surface area (Å²) >= 11 is 0. The Morgan fingerprint density at radius 1 is 0.885 bits per heavy atom. The van der Waals surface area contributed by atoms with Gasteiger partial charge in [0.25, 0.3) is 5.91 Å². The smallest absolute Gasteiger partial charge is 0.256 e. The number of benzene rings is 2. The van der Waals surface area contributed by atoms with Gasteiger partial charge in [0.1, 0.15) is 6.04 Å². The van der Waals surface area contributed by atoms with Gasteiger partial charge in [0, 0.05) is 7.05 Å². The van der Waals surface area contributed by atoms with Crippen molar-refractivity contribution in [1.29, 1.82) is 0 Å². The molecule has 0 aromatic heterocycles. The predicted molar refractivity (Wildman–Crippen MR) is 96.8 cm³/mol. The Morgan fingerprint density at radius 3 is 2.08 bits per heavy atom. The van der Waals surface area contributed by atoms with Gasteiger partial charge in [-0.2, -0.15) is 0 Å². The Bertz CT molecular complexity index is 777. The molecule has 0 unspecified atom stereocenters. The second-order valence-electron chi connectivity index (χ2n) is 5.31. The van der Waals surface area contributed by atoms with Crippen LogP contribution in [-0.4, -0.2) is 40.2 Å². The van der Waals surface area contributed by atoms with Crippen LogP contribution in [-0.2, 0) is 4.79 Å². The van der Waals surface area contributed by atoms with Crippen LogP contribution in [0.4, 0.5) is 0 Å². The number of hydrogen-bond donors (Lipinski definition) is 2. The van der Waals surface area contributed by atoms with Gasteiger partial charge in [0.2, 0.25) is 11.7 Å². The highest BCUT2D eigenvalue weighted by molar-refractivity contribution is 6.01. The van der Waals surface area contributed by atoms with E-state index >= 15 is 0 Å². The molecule has 0 spiro atoms. The molecule has 0 aliphatic rings. The maximum Gasteiger partial charge on any atom is 0.256 e. The summed E-state index contributed by atoms with van der Waals surface area (Å²) in [5.41, 5.74) is 0.898. The second kappa shape index (κ2) is 8.75. The van der Waals surface area contributed by atoms with Crippen LogP contribution >= 0.6 is 0 Å². The first kappa shape index (κ1) is 19.1. The molecule has 0 aliphatic carbocycles. The van der Waals surface area contributed by atoms with Crippen molar-refractivity contribution in [3.05, 3.63) is 53.6 Å². The Labute approximate surface area is 152 Å². The first-order valence-electron chi connectivity index (χ1n) is 7.93. The molecule has 0 heterocycles. The van der Waals surface area contributed by atoms with Gasteiger partial charge in [0.15, 0.2) is 11.5 Å². The van der Waals surface area contributed by atoms with Gasteiger partial charge < -0.3 is 24.8 Å². The van der Waals surface area contributed by atoms with Crippen molar-refractivity contribution >= 4 is 11.8 Å². The van der Waals surface area contributed by atoms with Crippen molar-refractivity contribution in [3.8, 4) is 17.2 Å². The minimum Gasteiger partial charge on any atom is -0.493 e. The first-order valence-corrected chi connectivity index (χ1v) is 7.93. The number of nitrogens with one attached hydrogen (secondary N) is 2. The summed E-state index contributed by atoms with van der Waals surface area (Å²) in [5.74, 6) is 0.169. The van der Waals surface area contributed by atoms with Crippen LogP contribution < -0.4 is 24.8 Å². The van der Waals surface area contributed by atoms with Crippen molar-refractivity contribution in [3.63, 3.8) is 0 Å². The summed E-state index contributed by atoms with van der Waals surface area (Å²) in [4.78, 5) is 25.1. The fourth-order valence-electron chi connectivity index (χ4n) is 2.58. The van der Waals surface area contributed by atoms with Gasteiger partial charge >= 0.3 is 0 Å². The molecule has 0 saturated carbocycles. The van der Waals surface area contributed by atoms with Gasteiger partial charge in [-0.25, -0.2) is 0 Å². The van der Waals surface area contributed by atoms with E-state index in [-0.39, 0.29) is 17.2 Å². The van der Waals surface area contributed by atoms with Gasteiger partial charge in [-0.1, -0.05) is 30.3 Å². The van der Waals surface area contributed by atoms with E-state index in [9.17, 15) is 9.59 Å². The summed E-state index contributed by atoms with van der Waals surface area (Å²) < 4.78 is 15.9. The molecule has 7 heteroatoms. The minimum atomic E-state index is -0.841. The molecule has 2 aromatic rings. The van der Waals surface area contributed by atoms with E-state index in [0.29, 0.717) is 17.1 Å². The van der Waals surface area contributed by atoms with Crippen LogP contribution in [0.2, 0.25) is 0 Å². The van der Waals surface area contributed by atoms with Crippen LogP contribution in [0.1, 0.15) is 22.0 Å². The van der Waals surface area contributed by atoms with Crippen molar-refractivity contribution in [2.45, 2.75) is 6.04 Å². The third kappa shape index (κ3) is 3.88. The average Bonchev–Trinajstić information content (AvgIpc) is 2.70. The zero-order valence-corrected chi connectivity index (χ0v) is 15.2. The molecule has 0 radical (unpaired) electrons. The highest BCUT2D eigenvalue weighted by Gasteiger charge is 2.26. The highest BCUT2D eigenvalue weighted by Crippen LogP contribution is 2.39. The second-order valence-corrected chi connectivity index (χ2v) is 5.31. The van der Waals surface area contributed by atoms with Crippen LogP contribution in [0, 0.1) is 0 Å². The summed E-state index contributed by atoms with van der Waals surface area (Å²) in [6, 6.07) is 11.3. The highest BCUT2D eigenvalue weighted by atomic mass is 16.5. The fourth-order valence-corrected chi connectivity index (χ4v) is 2.58. The lowest BCUT2D eigenvalue weighted by Crippen LogP contribution is -2.39. The number of amides is 2. The molecule has 0 saturated heterocycles. The van der Waals surface area contributed by atoms with Gasteiger partial charge in [-0.15, -0.1) is 0 Å². The summed E-state index contributed by atoms with van der Waals surface area (Å²) in [5, 5.41) is 5.30. The van der Waals surface area contributed by atoms with Crippen LogP contribution in [0.15, 0.2) is 42.5 Å². The monoisotopic (exact) mass is 358 g/mol. The Hall–Kier alpha value is -3.22. The largest absolute Gasteiger partial charge is 0.493 e. The molecule has 2 aromatic carbocycles. The number of rotatable bonds is 7. The maximum atomic E-state index is 12.8. The zero-order chi connectivity index (χ0) is 19.1. The molecule has 1 atom stereocenters. The molecule has 0 aliphatic heterocycles. The molecule has 26 heavy (non-hydrogen) atoms. The normalized spacial score (nSPS) is 11.2. The van der Waals surface area contributed by atoms with Crippen LogP contribution in [0.3, 0.4) is 0 Å². The number of hydrogen-bond acceptors (Lipinski definition) is 5. The summed E-state index contributed by atoms with van der Waals surface area (Å²) in [6.07, 6.45) is 0. The van der Waals surface area contributed by atoms with E-state index in [1.54, 1.807) is 36.4 Å². The summed E-state index contributed by atoms with van der Waals surface area (Å²) in [6.45, 7) is 0. The lowest BCUT2D eigenvalue weighted by molar-refractivity contribution is -0.122. The lowest BCUT2D eigenvalue weighted by atomic mass is 10.0. The predicted octanol–water partition coefficient (Wildman–Crippen LogP) is 1.93. The topological polar surface area (TPSA) is 85.9 Å². The van der Waals surface area contributed by atoms with Crippen molar-refractivity contribution < 1.29 is 23.8 Å². The van der Waals surface area contributed by atoms with E-state index in [2.05, 4.69) is 10.6 Å². The van der Waals surface area contributed by atoms with Gasteiger partial charge in [-0.05, 0) is 17.7 Å². The molecule has 2 rings (SSSR count). The Balaban J connectivity index is 2.40. The van der Waals surface area contributed by atoms with E-state index < -0.39 is 11.9 Å². The molecule has 2 N–H and O–H groups in total. The fraction of sp³-hybridized carbons (Fsp3) is 0.263. The maximum absolute atomic E-state index is 12.8. The van der Waals surface area contributed by atoms with E-state index in [1.165, 1.54) is 28.4 Å². The minimum absolute atomic E-state index is 0.230.